The van der Waals surface area contributed by atoms with E-state index in [0.29, 0.717) is 44.1 Å². The molecule has 1 unspecified atom stereocenters. The van der Waals surface area contributed by atoms with Crippen LogP contribution in [0.15, 0.2) is 48.5 Å². The van der Waals surface area contributed by atoms with Crippen molar-refractivity contribution < 1.29 is 27.2 Å². The summed E-state index contributed by atoms with van der Waals surface area (Å²) in [6.45, 7) is 5.18. The zero-order chi connectivity index (χ0) is 31.9. The molecule has 0 aliphatic carbocycles. The number of piperidine rings is 2. The van der Waals surface area contributed by atoms with E-state index in [-0.39, 0.29) is 17.7 Å². The number of alkyl halides is 3. The molecule has 1 N–H and O–H groups in total. The van der Waals surface area contributed by atoms with E-state index in [2.05, 4.69) is 34.6 Å². The van der Waals surface area contributed by atoms with Crippen molar-refractivity contribution in [3.8, 4) is 0 Å². The van der Waals surface area contributed by atoms with E-state index in [0.717, 1.165) is 55.6 Å². The van der Waals surface area contributed by atoms with E-state index < -0.39 is 24.0 Å². The number of imidazole rings is 1. The number of halogens is 4. The van der Waals surface area contributed by atoms with Gasteiger partial charge in [0.25, 0.3) is 0 Å². The Morgan fingerprint density at radius 3 is 2.36 bits per heavy atom. The third-order valence-corrected chi connectivity index (χ3v) is 10.6. The molecular formula is C34H41F4N5O2. The van der Waals surface area contributed by atoms with Gasteiger partial charge in [0.05, 0.1) is 11.0 Å². The Morgan fingerprint density at radius 1 is 1.02 bits per heavy atom. The number of benzene rings is 2. The number of rotatable bonds is 8. The zero-order valence-corrected chi connectivity index (χ0v) is 25.8. The number of hydrogen-bond acceptors (Lipinski definition) is 4. The summed E-state index contributed by atoms with van der Waals surface area (Å²) in [5.74, 6) is -1.88. The van der Waals surface area contributed by atoms with Crippen molar-refractivity contribution in [2.24, 2.45) is 0 Å². The van der Waals surface area contributed by atoms with E-state index in [1.165, 1.54) is 11.6 Å². The normalized spacial score (nSPS) is 24.1. The van der Waals surface area contributed by atoms with Crippen molar-refractivity contribution in [2.45, 2.75) is 101 Å². The van der Waals surface area contributed by atoms with Gasteiger partial charge >= 0.3 is 12.1 Å². The SMILES string of the molecule is CC[C@H](NC(=O)C(F)(F)F)C(=O)N1CCC(CCN2[C@@H]3CC[C@H]2CC(n2c(C)nc4ccccc42)C3)(c2cccc(F)c2)CC1. The van der Waals surface area contributed by atoms with Gasteiger partial charge in [-0.25, -0.2) is 9.37 Å². The fraction of sp³-hybridized carbons (Fsp3) is 0.559. The summed E-state index contributed by atoms with van der Waals surface area (Å²) in [5.41, 5.74) is 2.74. The van der Waals surface area contributed by atoms with Gasteiger partial charge in [0.15, 0.2) is 0 Å². The van der Waals surface area contributed by atoms with Crippen molar-refractivity contribution in [3.63, 3.8) is 0 Å². The van der Waals surface area contributed by atoms with E-state index >= 15 is 0 Å². The summed E-state index contributed by atoms with van der Waals surface area (Å²) >= 11 is 0. The van der Waals surface area contributed by atoms with Crippen LogP contribution in [-0.4, -0.2) is 75.1 Å². The molecule has 6 rings (SSSR count). The predicted octanol–water partition coefficient (Wildman–Crippen LogP) is 6.06. The van der Waals surface area contributed by atoms with E-state index in [4.69, 9.17) is 4.98 Å². The number of para-hydroxylation sites is 2. The molecule has 2 aromatic carbocycles. The maximum absolute atomic E-state index is 14.5. The minimum Gasteiger partial charge on any atom is -0.341 e. The summed E-state index contributed by atoms with van der Waals surface area (Å²) in [5, 5.41) is 1.86. The summed E-state index contributed by atoms with van der Waals surface area (Å²) in [6.07, 6.45) is 1.32. The van der Waals surface area contributed by atoms with Crippen molar-refractivity contribution in [3.05, 3.63) is 65.7 Å². The number of aromatic nitrogens is 2. The second kappa shape index (κ2) is 12.4. The van der Waals surface area contributed by atoms with Crippen LogP contribution in [0.25, 0.3) is 11.0 Å². The Hall–Kier alpha value is -3.47. The largest absolute Gasteiger partial charge is 0.471 e. The summed E-state index contributed by atoms with van der Waals surface area (Å²) in [6, 6.07) is 15.0. The number of fused-ring (bicyclic) bond motifs is 3. The highest BCUT2D eigenvalue weighted by Crippen LogP contribution is 2.45. The van der Waals surface area contributed by atoms with Gasteiger partial charge in [0, 0.05) is 31.2 Å². The smallest absolute Gasteiger partial charge is 0.341 e. The van der Waals surface area contributed by atoms with Gasteiger partial charge < -0.3 is 14.8 Å². The monoisotopic (exact) mass is 627 g/mol. The van der Waals surface area contributed by atoms with Crippen LogP contribution in [0.3, 0.4) is 0 Å². The van der Waals surface area contributed by atoms with Crippen LogP contribution in [0.4, 0.5) is 17.6 Å². The number of amides is 2. The Morgan fingerprint density at radius 2 is 1.71 bits per heavy atom. The van der Waals surface area contributed by atoms with Crippen LogP contribution in [0.2, 0.25) is 0 Å². The van der Waals surface area contributed by atoms with Crippen molar-refractivity contribution in [1.29, 1.82) is 0 Å². The van der Waals surface area contributed by atoms with Gasteiger partial charge in [-0.1, -0.05) is 31.2 Å². The molecule has 0 radical (unpaired) electrons. The second-order valence-corrected chi connectivity index (χ2v) is 13.1. The van der Waals surface area contributed by atoms with Crippen LogP contribution in [0, 0.1) is 12.7 Å². The molecule has 0 spiro atoms. The minimum absolute atomic E-state index is 0.0549. The van der Waals surface area contributed by atoms with E-state index in [1.54, 1.807) is 24.0 Å². The lowest BCUT2D eigenvalue weighted by Crippen LogP contribution is -2.55. The third-order valence-electron chi connectivity index (χ3n) is 10.6. The quantitative estimate of drug-likeness (QED) is 0.309. The van der Waals surface area contributed by atoms with Crippen molar-refractivity contribution >= 4 is 22.8 Å². The number of nitrogens with one attached hydrogen (secondary N) is 1. The van der Waals surface area contributed by atoms with Crippen LogP contribution < -0.4 is 5.32 Å². The lowest BCUT2D eigenvalue weighted by Gasteiger charge is -2.46. The van der Waals surface area contributed by atoms with Gasteiger partial charge in [-0.3, -0.25) is 14.5 Å². The summed E-state index contributed by atoms with van der Waals surface area (Å²) in [7, 11) is 0. The van der Waals surface area contributed by atoms with Crippen molar-refractivity contribution in [1.82, 2.24) is 24.7 Å². The number of aryl methyl sites for hydroxylation is 1. The molecular weight excluding hydrogens is 586 g/mol. The molecule has 11 heteroatoms. The average molecular weight is 628 g/mol. The Bertz CT molecular complexity index is 1530. The third kappa shape index (κ3) is 6.20. The molecule has 3 fully saturated rings. The standard InChI is InChI=1S/C34H41F4N5O2/c1-3-28(40-32(45)34(36,37)38)31(44)41-16-13-33(14-17-41,23-7-6-8-24(35)19-23)15-18-42-25-11-12-26(42)21-27(20-25)43-22(2)39-29-9-4-5-10-30(29)43/h4-10,19,25-28H,3,11-18,20-21H2,1-2H3,(H,40,45)/t25-,26+,27?,28-/m0/s1. The van der Waals surface area contributed by atoms with Gasteiger partial charge in [-0.15, -0.1) is 0 Å². The molecule has 2 amide bonds. The number of hydrogen-bond donors (Lipinski definition) is 1. The van der Waals surface area contributed by atoms with Gasteiger partial charge in [-0.2, -0.15) is 13.2 Å². The lowest BCUT2D eigenvalue weighted by molar-refractivity contribution is -0.175. The number of nitrogens with zero attached hydrogens (tertiary/aromatic N) is 4. The maximum atomic E-state index is 14.5. The number of carbonyl (C=O) groups is 2. The first kappa shape index (κ1) is 31.5. The highest BCUT2D eigenvalue weighted by atomic mass is 19.4. The first-order chi connectivity index (χ1) is 21.5. The molecule has 3 aliphatic rings. The molecule has 7 nitrogen and oxygen atoms in total. The molecule has 3 saturated heterocycles. The predicted molar refractivity (Wildman–Crippen MR) is 163 cm³/mol. The summed E-state index contributed by atoms with van der Waals surface area (Å²) < 4.78 is 55.5. The Kier molecular flexibility index (Phi) is 8.67. The van der Waals surface area contributed by atoms with Crippen LogP contribution in [0.5, 0.6) is 0 Å². The molecule has 1 aromatic heterocycles. The first-order valence-corrected chi connectivity index (χ1v) is 16.1. The van der Waals surface area contributed by atoms with Crippen LogP contribution >= 0.6 is 0 Å². The second-order valence-electron chi connectivity index (χ2n) is 13.1. The molecule has 3 aliphatic heterocycles. The molecule has 2 bridgehead atoms. The average Bonchev–Trinajstić information content (AvgIpc) is 3.48. The molecule has 242 valence electrons. The topological polar surface area (TPSA) is 70.5 Å². The number of likely N-dealkylation sites (tertiary alicyclic amines) is 1. The molecule has 0 saturated carbocycles. The highest BCUT2D eigenvalue weighted by Gasteiger charge is 2.45. The fourth-order valence-electron chi connectivity index (χ4n) is 8.25. The molecule has 4 heterocycles. The van der Waals surface area contributed by atoms with Crippen molar-refractivity contribution in [2.75, 3.05) is 19.6 Å². The zero-order valence-electron chi connectivity index (χ0n) is 25.8. The van der Waals surface area contributed by atoms with Gasteiger partial charge in [0.1, 0.15) is 17.7 Å². The fourth-order valence-corrected chi connectivity index (χ4v) is 8.25. The van der Waals surface area contributed by atoms with Gasteiger partial charge in [-0.05, 0) is 100 Å². The molecule has 4 atom stereocenters. The molecule has 3 aromatic rings. The van der Waals surface area contributed by atoms with Gasteiger partial charge in [0.2, 0.25) is 5.91 Å². The first-order valence-electron chi connectivity index (χ1n) is 16.1. The molecule has 45 heavy (non-hydrogen) atoms. The maximum Gasteiger partial charge on any atom is 0.471 e. The minimum atomic E-state index is -5.05. The number of carbonyl (C=O) groups excluding carboxylic acids is 2. The lowest BCUT2D eigenvalue weighted by atomic mass is 9.70. The van der Waals surface area contributed by atoms with E-state index in [1.807, 2.05) is 17.4 Å². The summed E-state index contributed by atoms with van der Waals surface area (Å²) in [4.78, 5) is 33.7. The Balaban J connectivity index is 1.15. The Labute approximate surface area is 261 Å². The van der Waals surface area contributed by atoms with E-state index in [9.17, 15) is 27.2 Å². The highest BCUT2D eigenvalue weighted by molar-refractivity contribution is 5.89. The van der Waals surface area contributed by atoms with Crippen LogP contribution in [0.1, 0.15) is 75.7 Å². The van der Waals surface area contributed by atoms with Crippen LogP contribution in [-0.2, 0) is 15.0 Å².